The van der Waals surface area contributed by atoms with Gasteiger partial charge in [-0.15, -0.1) is 0 Å². The van der Waals surface area contributed by atoms with Gasteiger partial charge in [-0.25, -0.2) is 4.79 Å². The van der Waals surface area contributed by atoms with Crippen LogP contribution in [0.3, 0.4) is 0 Å². The fourth-order valence-electron chi connectivity index (χ4n) is 4.75. The van der Waals surface area contributed by atoms with Crippen LogP contribution < -0.4 is 10.6 Å². The molecule has 0 radical (unpaired) electrons. The summed E-state index contributed by atoms with van der Waals surface area (Å²) in [4.78, 5) is 17.3. The maximum Gasteiger partial charge on any atom is 0.315 e. The van der Waals surface area contributed by atoms with E-state index in [0.29, 0.717) is 6.04 Å². The molecule has 1 atom stereocenters. The molecule has 0 aromatic rings. The summed E-state index contributed by atoms with van der Waals surface area (Å²) in [6, 6.07) is 1.12. The van der Waals surface area contributed by atoms with Gasteiger partial charge in [-0.2, -0.15) is 0 Å². The van der Waals surface area contributed by atoms with Gasteiger partial charge in [0, 0.05) is 31.7 Å². The van der Waals surface area contributed by atoms with Crippen molar-refractivity contribution in [2.24, 2.45) is 5.92 Å². The average Bonchev–Trinajstić information content (AvgIpc) is 2.64. The van der Waals surface area contributed by atoms with E-state index in [4.69, 9.17) is 0 Å². The van der Waals surface area contributed by atoms with Gasteiger partial charge in [-0.1, -0.05) is 26.2 Å². The summed E-state index contributed by atoms with van der Waals surface area (Å²) in [5, 5.41) is 6.30. The number of likely N-dealkylation sites (tertiary alicyclic amines) is 2. The summed E-state index contributed by atoms with van der Waals surface area (Å²) >= 11 is 0. The minimum Gasteiger partial charge on any atom is -0.337 e. The number of carbonyl (C=O) groups excluding carboxylic acids is 1. The zero-order valence-electron chi connectivity index (χ0n) is 16.1. The van der Waals surface area contributed by atoms with Crippen LogP contribution in [0.5, 0.6) is 0 Å². The molecule has 3 aliphatic rings. The molecule has 5 heteroatoms. The number of carbonyl (C=O) groups is 1. The topological polar surface area (TPSA) is 47.6 Å². The fourth-order valence-corrected chi connectivity index (χ4v) is 4.75. The van der Waals surface area contributed by atoms with Gasteiger partial charge in [-0.05, 0) is 64.1 Å². The monoisotopic (exact) mass is 350 g/mol. The number of nitrogens with one attached hydrogen (secondary N) is 2. The molecule has 0 aromatic heterocycles. The molecule has 144 valence electrons. The number of piperidine rings is 2. The molecule has 2 saturated heterocycles. The Morgan fingerprint density at radius 1 is 0.960 bits per heavy atom. The highest BCUT2D eigenvalue weighted by atomic mass is 16.2. The van der Waals surface area contributed by atoms with E-state index < -0.39 is 0 Å². The van der Waals surface area contributed by atoms with Gasteiger partial charge in [0.15, 0.2) is 0 Å². The summed E-state index contributed by atoms with van der Waals surface area (Å²) in [7, 11) is 0. The van der Waals surface area contributed by atoms with Gasteiger partial charge in [0.05, 0.1) is 0 Å². The molecule has 1 unspecified atom stereocenters. The van der Waals surface area contributed by atoms with Crippen LogP contribution in [0.2, 0.25) is 0 Å². The van der Waals surface area contributed by atoms with Gasteiger partial charge >= 0.3 is 6.03 Å². The summed E-state index contributed by atoms with van der Waals surface area (Å²) in [5.74, 6) is 0.867. The van der Waals surface area contributed by atoms with E-state index in [1.807, 2.05) is 0 Å². The molecule has 0 spiro atoms. The number of nitrogens with zero attached hydrogens (tertiary/aromatic N) is 2. The fraction of sp³-hybridized carbons (Fsp3) is 0.950. The maximum absolute atomic E-state index is 12.2. The van der Waals surface area contributed by atoms with Crippen molar-refractivity contribution in [3.05, 3.63) is 0 Å². The van der Waals surface area contributed by atoms with Gasteiger partial charge in [0.25, 0.3) is 0 Å². The molecular weight excluding hydrogens is 312 g/mol. The zero-order valence-corrected chi connectivity index (χ0v) is 16.1. The summed E-state index contributed by atoms with van der Waals surface area (Å²) < 4.78 is 0. The lowest BCUT2D eigenvalue weighted by molar-refractivity contribution is 0.112. The second kappa shape index (κ2) is 9.77. The van der Waals surface area contributed by atoms with Crippen LogP contribution in [0.4, 0.5) is 4.79 Å². The first kappa shape index (κ1) is 19.0. The van der Waals surface area contributed by atoms with E-state index >= 15 is 0 Å². The molecule has 5 nitrogen and oxygen atoms in total. The van der Waals surface area contributed by atoms with Crippen molar-refractivity contribution >= 4 is 6.03 Å². The smallest absolute Gasteiger partial charge is 0.315 e. The SMILES string of the molecule is CC1CCN(CCNC(=O)NC2CCCN(C3CCCCC3)C2)CC1. The van der Waals surface area contributed by atoms with Crippen molar-refractivity contribution in [1.82, 2.24) is 20.4 Å². The van der Waals surface area contributed by atoms with Crippen molar-refractivity contribution < 1.29 is 4.79 Å². The van der Waals surface area contributed by atoms with Crippen LogP contribution in [-0.4, -0.2) is 67.2 Å². The number of urea groups is 1. The van der Waals surface area contributed by atoms with Gasteiger partial charge < -0.3 is 15.5 Å². The number of amides is 2. The van der Waals surface area contributed by atoms with E-state index in [-0.39, 0.29) is 6.03 Å². The van der Waals surface area contributed by atoms with Crippen molar-refractivity contribution in [3.63, 3.8) is 0 Å². The normalized spacial score (nSPS) is 28.0. The molecule has 2 heterocycles. The Morgan fingerprint density at radius 3 is 2.48 bits per heavy atom. The Labute approximate surface area is 153 Å². The molecule has 1 aliphatic carbocycles. The lowest BCUT2D eigenvalue weighted by Crippen LogP contribution is -2.53. The van der Waals surface area contributed by atoms with Crippen LogP contribution in [0.25, 0.3) is 0 Å². The largest absolute Gasteiger partial charge is 0.337 e. The second-order valence-corrected chi connectivity index (χ2v) is 8.55. The summed E-state index contributed by atoms with van der Waals surface area (Å²) in [6.45, 7) is 8.72. The third-order valence-corrected chi connectivity index (χ3v) is 6.47. The van der Waals surface area contributed by atoms with Crippen LogP contribution in [0.1, 0.15) is 64.7 Å². The third-order valence-electron chi connectivity index (χ3n) is 6.47. The van der Waals surface area contributed by atoms with Crippen molar-refractivity contribution in [1.29, 1.82) is 0 Å². The first-order valence-electron chi connectivity index (χ1n) is 10.7. The molecule has 1 saturated carbocycles. The lowest BCUT2D eigenvalue weighted by Gasteiger charge is -2.40. The molecule has 0 bridgehead atoms. The summed E-state index contributed by atoms with van der Waals surface area (Å²) in [5.41, 5.74) is 0. The summed E-state index contributed by atoms with van der Waals surface area (Å²) in [6.07, 6.45) is 11.8. The minimum absolute atomic E-state index is 0.0286. The Bertz CT molecular complexity index is 403. The van der Waals surface area contributed by atoms with E-state index in [2.05, 4.69) is 27.4 Å². The van der Waals surface area contributed by atoms with Crippen molar-refractivity contribution in [3.8, 4) is 0 Å². The Morgan fingerprint density at radius 2 is 1.72 bits per heavy atom. The minimum atomic E-state index is 0.0286. The number of hydrogen-bond acceptors (Lipinski definition) is 3. The van der Waals surface area contributed by atoms with E-state index in [1.165, 1.54) is 71.0 Å². The second-order valence-electron chi connectivity index (χ2n) is 8.55. The molecule has 2 amide bonds. The molecule has 2 N–H and O–H groups in total. The van der Waals surface area contributed by atoms with Gasteiger partial charge in [-0.3, -0.25) is 4.90 Å². The average molecular weight is 351 g/mol. The Balaban J connectivity index is 1.31. The lowest BCUT2D eigenvalue weighted by atomic mass is 9.92. The molecule has 3 fully saturated rings. The predicted molar refractivity (Wildman–Crippen MR) is 103 cm³/mol. The predicted octanol–water partition coefficient (Wildman–Crippen LogP) is 2.81. The highest BCUT2D eigenvalue weighted by Crippen LogP contribution is 2.25. The molecule has 3 rings (SSSR count). The molecule has 2 aliphatic heterocycles. The van der Waals surface area contributed by atoms with E-state index in [0.717, 1.165) is 38.0 Å². The van der Waals surface area contributed by atoms with Crippen LogP contribution in [-0.2, 0) is 0 Å². The Kier molecular flexibility index (Phi) is 7.41. The van der Waals surface area contributed by atoms with Crippen LogP contribution in [0, 0.1) is 5.92 Å². The number of hydrogen-bond donors (Lipinski definition) is 2. The van der Waals surface area contributed by atoms with Crippen molar-refractivity contribution in [2.45, 2.75) is 76.8 Å². The van der Waals surface area contributed by atoms with Crippen LogP contribution >= 0.6 is 0 Å². The first-order chi connectivity index (χ1) is 12.2. The highest BCUT2D eigenvalue weighted by molar-refractivity contribution is 5.74. The standard InChI is InChI=1S/C20H38N4O/c1-17-9-13-23(14-10-17)15-11-21-20(25)22-18-6-5-12-24(16-18)19-7-3-2-4-8-19/h17-19H,2-16H2,1H3,(H2,21,22,25). The maximum atomic E-state index is 12.2. The van der Waals surface area contributed by atoms with E-state index in [9.17, 15) is 4.79 Å². The molecular formula is C20H38N4O. The van der Waals surface area contributed by atoms with Gasteiger partial charge in [0.1, 0.15) is 0 Å². The zero-order chi connectivity index (χ0) is 17.5. The highest BCUT2D eigenvalue weighted by Gasteiger charge is 2.27. The van der Waals surface area contributed by atoms with E-state index in [1.54, 1.807) is 0 Å². The third kappa shape index (κ3) is 6.14. The van der Waals surface area contributed by atoms with Gasteiger partial charge in [0.2, 0.25) is 0 Å². The Hall–Kier alpha value is -0.810. The van der Waals surface area contributed by atoms with Crippen LogP contribution in [0.15, 0.2) is 0 Å². The first-order valence-corrected chi connectivity index (χ1v) is 10.7. The molecule has 25 heavy (non-hydrogen) atoms. The number of rotatable bonds is 5. The van der Waals surface area contributed by atoms with Crippen molar-refractivity contribution in [2.75, 3.05) is 39.3 Å². The quantitative estimate of drug-likeness (QED) is 0.801. The molecule has 0 aromatic carbocycles.